The maximum atomic E-state index is 6.11. The Balaban J connectivity index is 1.90. The lowest BCUT2D eigenvalue weighted by atomic mass is 10.1. The zero-order valence-corrected chi connectivity index (χ0v) is 14.0. The Kier molecular flexibility index (Phi) is 4.35. The van der Waals surface area contributed by atoms with Gasteiger partial charge in [-0.3, -0.25) is 4.68 Å². The van der Waals surface area contributed by atoms with Crippen LogP contribution in [0.4, 0.5) is 11.5 Å². The van der Waals surface area contributed by atoms with Gasteiger partial charge >= 0.3 is 0 Å². The fourth-order valence-electron chi connectivity index (χ4n) is 3.01. The quantitative estimate of drug-likeness (QED) is 0.831. The highest BCUT2D eigenvalue weighted by Crippen LogP contribution is 2.34. The first-order chi connectivity index (χ1) is 10.2. The molecule has 2 N–H and O–H groups in total. The summed E-state index contributed by atoms with van der Waals surface area (Å²) >= 11 is 3.64. The molecule has 0 spiro atoms. The molecule has 1 atom stereocenters. The summed E-state index contributed by atoms with van der Waals surface area (Å²) in [5, 5.41) is 4.48. The largest absolute Gasteiger partial charge is 0.355 e. The van der Waals surface area contributed by atoms with Gasteiger partial charge in [0, 0.05) is 32.7 Å². The lowest BCUT2D eigenvalue weighted by Gasteiger charge is -2.29. The van der Waals surface area contributed by atoms with Crippen molar-refractivity contribution in [3.8, 4) is 0 Å². The summed E-state index contributed by atoms with van der Waals surface area (Å²) in [6.45, 7) is 2.91. The van der Waals surface area contributed by atoms with Gasteiger partial charge in [0.15, 0.2) is 5.82 Å². The van der Waals surface area contributed by atoms with E-state index in [0.717, 1.165) is 49.2 Å². The number of allylic oxidation sites excluding steroid dienone is 2. The molecule has 5 nitrogen and oxygen atoms in total. The highest BCUT2D eigenvalue weighted by molar-refractivity contribution is 9.11. The highest BCUT2D eigenvalue weighted by Gasteiger charge is 2.24. The molecule has 1 saturated heterocycles. The average Bonchev–Trinajstić information content (AvgIpc) is 2.71. The van der Waals surface area contributed by atoms with E-state index in [4.69, 9.17) is 5.73 Å². The topological polar surface area (TPSA) is 50.3 Å². The number of hydrogen-bond acceptors (Lipinski definition) is 4. The summed E-state index contributed by atoms with van der Waals surface area (Å²) < 4.78 is 3.05. The van der Waals surface area contributed by atoms with Crippen LogP contribution in [0.25, 0.3) is 0 Å². The summed E-state index contributed by atoms with van der Waals surface area (Å²) in [7, 11) is 2.01. The molecule has 0 aromatic carbocycles. The standard InChI is InChI=1S/C15H22BrN5/c1-19-15(20-8-4-5-12(17)7-10-20)13(11-18-19)21-9-3-2-6-14(21)16/h2-3,6,11-12H,4-5,7-10,17H2,1H3/t12-/m1/s1. The monoisotopic (exact) mass is 351 g/mol. The second kappa shape index (κ2) is 6.23. The first-order valence-electron chi connectivity index (χ1n) is 7.49. The van der Waals surface area contributed by atoms with Gasteiger partial charge < -0.3 is 15.5 Å². The van der Waals surface area contributed by atoms with Gasteiger partial charge in [0.25, 0.3) is 0 Å². The molecule has 0 saturated carbocycles. The van der Waals surface area contributed by atoms with Gasteiger partial charge in [-0.05, 0) is 41.3 Å². The number of rotatable bonds is 2. The Labute approximate surface area is 134 Å². The molecule has 0 unspecified atom stereocenters. The minimum absolute atomic E-state index is 0.330. The van der Waals surface area contributed by atoms with Crippen molar-refractivity contribution in [1.82, 2.24) is 9.78 Å². The maximum Gasteiger partial charge on any atom is 0.150 e. The van der Waals surface area contributed by atoms with Gasteiger partial charge in [-0.15, -0.1) is 0 Å². The van der Waals surface area contributed by atoms with E-state index in [-0.39, 0.29) is 0 Å². The van der Waals surface area contributed by atoms with Crippen molar-refractivity contribution < 1.29 is 0 Å². The molecule has 3 rings (SSSR count). The maximum absolute atomic E-state index is 6.11. The number of nitrogens with zero attached hydrogens (tertiary/aromatic N) is 4. The van der Waals surface area contributed by atoms with E-state index in [0.29, 0.717) is 6.04 Å². The van der Waals surface area contributed by atoms with Crippen LogP contribution < -0.4 is 15.5 Å². The third-order valence-electron chi connectivity index (χ3n) is 4.17. The van der Waals surface area contributed by atoms with Crippen LogP contribution in [-0.4, -0.2) is 35.5 Å². The van der Waals surface area contributed by atoms with Crippen LogP contribution >= 0.6 is 15.9 Å². The molecule has 1 aromatic heterocycles. The van der Waals surface area contributed by atoms with Gasteiger partial charge in [-0.25, -0.2) is 0 Å². The van der Waals surface area contributed by atoms with Crippen LogP contribution in [0.2, 0.25) is 0 Å². The Morgan fingerprint density at radius 3 is 3.00 bits per heavy atom. The fraction of sp³-hybridized carbons (Fsp3) is 0.533. The summed E-state index contributed by atoms with van der Waals surface area (Å²) in [4.78, 5) is 4.67. The molecule has 21 heavy (non-hydrogen) atoms. The average molecular weight is 352 g/mol. The number of halogens is 1. The van der Waals surface area contributed by atoms with Crippen LogP contribution in [0.5, 0.6) is 0 Å². The first kappa shape index (κ1) is 14.7. The molecule has 0 bridgehead atoms. The Morgan fingerprint density at radius 1 is 1.33 bits per heavy atom. The predicted molar refractivity (Wildman–Crippen MR) is 90.7 cm³/mol. The summed E-state index contributed by atoms with van der Waals surface area (Å²) in [5.74, 6) is 1.18. The number of aryl methyl sites for hydroxylation is 1. The lowest BCUT2D eigenvalue weighted by Crippen LogP contribution is -2.30. The third-order valence-corrected chi connectivity index (χ3v) is 4.86. The van der Waals surface area contributed by atoms with Crippen molar-refractivity contribution >= 4 is 27.4 Å². The summed E-state index contributed by atoms with van der Waals surface area (Å²) in [6, 6.07) is 0.330. The summed E-state index contributed by atoms with van der Waals surface area (Å²) in [5.41, 5.74) is 7.26. The molecule has 0 aliphatic carbocycles. The third kappa shape index (κ3) is 3.01. The van der Waals surface area contributed by atoms with Gasteiger partial charge in [0.2, 0.25) is 0 Å². The Morgan fingerprint density at radius 2 is 2.19 bits per heavy atom. The summed E-state index contributed by atoms with van der Waals surface area (Å²) in [6.07, 6.45) is 11.5. The van der Waals surface area contributed by atoms with Crippen LogP contribution in [0.1, 0.15) is 19.3 Å². The lowest BCUT2D eigenvalue weighted by molar-refractivity contribution is 0.601. The van der Waals surface area contributed by atoms with E-state index in [1.54, 1.807) is 0 Å². The highest BCUT2D eigenvalue weighted by atomic mass is 79.9. The SMILES string of the molecule is Cn1ncc(N2CC=CC=C2Br)c1N1CCC[C@@H](N)CC1. The molecule has 1 fully saturated rings. The molecular formula is C15H22BrN5. The number of aromatic nitrogens is 2. The Hall–Kier alpha value is -1.27. The second-order valence-corrected chi connectivity index (χ2v) is 6.50. The minimum Gasteiger partial charge on any atom is -0.355 e. The molecule has 2 aliphatic heterocycles. The Bertz CT molecular complexity index is 562. The van der Waals surface area contributed by atoms with Gasteiger partial charge in [0.05, 0.1) is 10.8 Å². The fourth-order valence-corrected chi connectivity index (χ4v) is 3.50. The van der Waals surface area contributed by atoms with E-state index < -0.39 is 0 Å². The normalized spacial score (nSPS) is 23.2. The van der Waals surface area contributed by atoms with E-state index in [9.17, 15) is 0 Å². The van der Waals surface area contributed by atoms with Crippen LogP contribution in [0, 0.1) is 0 Å². The van der Waals surface area contributed by atoms with E-state index in [1.807, 2.05) is 17.9 Å². The molecule has 6 heteroatoms. The van der Waals surface area contributed by atoms with E-state index in [1.165, 1.54) is 5.82 Å². The van der Waals surface area contributed by atoms with E-state index >= 15 is 0 Å². The number of anilines is 2. The molecule has 0 amide bonds. The van der Waals surface area contributed by atoms with Crippen molar-refractivity contribution in [2.75, 3.05) is 29.4 Å². The van der Waals surface area contributed by atoms with Crippen molar-refractivity contribution in [3.05, 3.63) is 29.0 Å². The van der Waals surface area contributed by atoms with Gasteiger partial charge in [-0.2, -0.15) is 5.10 Å². The minimum atomic E-state index is 0.330. The zero-order chi connectivity index (χ0) is 14.8. The molecule has 114 valence electrons. The first-order valence-corrected chi connectivity index (χ1v) is 8.28. The van der Waals surface area contributed by atoms with Crippen molar-refractivity contribution in [3.63, 3.8) is 0 Å². The van der Waals surface area contributed by atoms with Gasteiger partial charge in [-0.1, -0.05) is 12.2 Å². The van der Waals surface area contributed by atoms with Crippen LogP contribution in [0.3, 0.4) is 0 Å². The predicted octanol–water partition coefficient (Wildman–Crippen LogP) is 2.35. The van der Waals surface area contributed by atoms with E-state index in [2.05, 4.69) is 49.1 Å². The number of hydrogen-bond donors (Lipinski definition) is 1. The smallest absolute Gasteiger partial charge is 0.150 e. The molecule has 0 radical (unpaired) electrons. The van der Waals surface area contributed by atoms with Crippen molar-refractivity contribution in [2.24, 2.45) is 12.8 Å². The molecule has 3 heterocycles. The molecule has 2 aliphatic rings. The zero-order valence-electron chi connectivity index (χ0n) is 12.4. The van der Waals surface area contributed by atoms with Crippen molar-refractivity contribution in [1.29, 1.82) is 0 Å². The van der Waals surface area contributed by atoms with Gasteiger partial charge in [0.1, 0.15) is 5.69 Å². The van der Waals surface area contributed by atoms with Crippen molar-refractivity contribution in [2.45, 2.75) is 25.3 Å². The van der Waals surface area contributed by atoms with Crippen LogP contribution in [-0.2, 0) is 7.05 Å². The molecule has 1 aromatic rings. The molecular weight excluding hydrogens is 330 g/mol. The second-order valence-electron chi connectivity index (χ2n) is 5.68. The van der Waals surface area contributed by atoms with Crippen LogP contribution in [0.15, 0.2) is 29.0 Å². The number of nitrogens with two attached hydrogens (primary N) is 1.